The number of hydrogen-bond acceptors (Lipinski definition) is 11. The van der Waals surface area contributed by atoms with Crippen LogP contribution in [0.1, 0.15) is 10.4 Å². The minimum Gasteiger partial charge on any atom is -0.497 e. The van der Waals surface area contributed by atoms with Gasteiger partial charge in [0.15, 0.2) is 5.13 Å². The summed E-state index contributed by atoms with van der Waals surface area (Å²) >= 11 is 1.29. The molecule has 0 amide bonds. The highest BCUT2D eigenvalue weighted by Gasteiger charge is 2.26. The predicted molar refractivity (Wildman–Crippen MR) is 116 cm³/mol. The number of nitrogens with zero attached hydrogens (tertiary/aromatic N) is 4. The van der Waals surface area contributed by atoms with Gasteiger partial charge in [0, 0.05) is 0 Å². The van der Waals surface area contributed by atoms with Gasteiger partial charge in [-0.2, -0.15) is 4.98 Å². The fourth-order valence-electron chi connectivity index (χ4n) is 2.77. The van der Waals surface area contributed by atoms with Crippen LogP contribution >= 0.6 is 11.3 Å². The second-order valence-corrected chi connectivity index (χ2v) is 7.26. The lowest BCUT2D eigenvalue weighted by Gasteiger charge is -2.08. The quantitative estimate of drug-likeness (QED) is 0.244. The van der Waals surface area contributed by atoms with Gasteiger partial charge in [-0.1, -0.05) is 11.3 Å². The molecule has 0 atom stereocenters. The number of anilines is 2. The first-order valence-electron chi connectivity index (χ1n) is 9.05. The smallest absolute Gasteiger partial charge is 0.373 e. The van der Waals surface area contributed by atoms with Crippen LogP contribution < -0.4 is 14.8 Å². The Morgan fingerprint density at radius 2 is 1.84 bits per heavy atom. The molecule has 0 fully saturated rings. The van der Waals surface area contributed by atoms with E-state index in [2.05, 4.69) is 25.0 Å². The van der Waals surface area contributed by atoms with Gasteiger partial charge in [0.05, 0.1) is 34.9 Å². The zero-order valence-corrected chi connectivity index (χ0v) is 17.6. The molecule has 0 saturated heterocycles. The first-order chi connectivity index (χ1) is 15.5. The Kier molecular flexibility index (Phi) is 5.77. The van der Waals surface area contributed by atoms with Crippen LogP contribution in [0, 0.1) is 10.1 Å². The van der Waals surface area contributed by atoms with Crippen molar-refractivity contribution in [3.05, 3.63) is 64.5 Å². The number of thiazole rings is 1. The van der Waals surface area contributed by atoms with Gasteiger partial charge in [-0.3, -0.25) is 10.1 Å². The fraction of sp³-hybridized carbons (Fsp3) is 0.100. The van der Waals surface area contributed by atoms with E-state index < -0.39 is 16.6 Å². The number of benzene rings is 2. The Balaban J connectivity index is 1.63. The van der Waals surface area contributed by atoms with Gasteiger partial charge in [-0.05, 0) is 42.5 Å². The largest absolute Gasteiger partial charge is 0.497 e. The number of carbonyl (C=O) groups excluding carboxylic acids is 1. The molecule has 11 nitrogen and oxygen atoms in total. The fourth-order valence-corrected chi connectivity index (χ4v) is 3.66. The molecule has 0 bridgehead atoms. The molecule has 2 aromatic carbocycles. The summed E-state index contributed by atoms with van der Waals surface area (Å²) in [6.45, 7) is 0. The molecule has 0 spiro atoms. The number of hydrogen-bond donors (Lipinski definition) is 1. The van der Waals surface area contributed by atoms with Crippen molar-refractivity contribution < 1.29 is 23.9 Å². The summed E-state index contributed by atoms with van der Waals surface area (Å²) in [5.41, 5.74) is 0.561. The topological polar surface area (TPSA) is 139 Å². The normalized spacial score (nSPS) is 10.6. The van der Waals surface area contributed by atoms with E-state index in [4.69, 9.17) is 9.47 Å². The molecule has 4 rings (SSSR count). The van der Waals surface area contributed by atoms with Crippen molar-refractivity contribution in [2.24, 2.45) is 0 Å². The van der Waals surface area contributed by atoms with E-state index in [9.17, 15) is 14.9 Å². The van der Waals surface area contributed by atoms with E-state index in [1.165, 1.54) is 42.7 Å². The van der Waals surface area contributed by atoms with Crippen LogP contribution in [0.25, 0.3) is 10.2 Å². The number of rotatable bonds is 7. The molecule has 12 heteroatoms. The minimum absolute atomic E-state index is 0.0720. The van der Waals surface area contributed by atoms with Crippen molar-refractivity contribution in [1.29, 1.82) is 0 Å². The molecule has 0 aliphatic rings. The number of esters is 1. The van der Waals surface area contributed by atoms with Crippen molar-refractivity contribution in [2.75, 3.05) is 19.5 Å². The summed E-state index contributed by atoms with van der Waals surface area (Å²) in [4.78, 5) is 35.0. The molecule has 0 aliphatic heterocycles. The van der Waals surface area contributed by atoms with E-state index >= 15 is 0 Å². The molecular weight excluding hydrogens is 438 g/mol. The highest BCUT2D eigenvalue weighted by atomic mass is 32.1. The van der Waals surface area contributed by atoms with E-state index in [0.717, 1.165) is 11.0 Å². The van der Waals surface area contributed by atoms with Gasteiger partial charge < -0.3 is 19.5 Å². The number of carbonyl (C=O) groups is 1. The lowest BCUT2D eigenvalue weighted by Crippen LogP contribution is -2.04. The van der Waals surface area contributed by atoms with Crippen molar-refractivity contribution in [3.63, 3.8) is 0 Å². The van der Waals surface area contributed by atoms with Crippen molar-refractivity contribution in [1.82, 2.24) is 15.0 Å². The second-order valence-electron chi connectivity index (χ2n) is 6.23. The monoisotopic (exact) mass is 453 g/mol. The number of methoxy groups -OCH3 is 2. The number of ether oxygens (including phenoxy) is 3. The predicted octanol–water partition coefficient (Wildman–Crippen LogP) is 4.33. The van der Waals surface area contributed by atoms with Gasteiger partial charge in [0.1, 0.15) is 17.8 Å². The van der Waals surface area contributed by atoms with Crippen LogP contribution in [0.5, 0.6) is 17.4 Å². The molecule has 0 radical (unpaired) electrons. The SMILES string of the molecule is COC(=O)c1ccc(Oc2ncnc(Nc3nc4ccc(OC)cc4s3)c2[N+](=O)[O-])cc1. The van der Waals surface area contributed by atoms with Crippen molar-refractivity contribution in [2.45, 2.75) is 0 Å². The third-order valence-corrected chi connectivity index (χ3v) is 5.22. The minimum atomic E-state index is -0.642. The average Bonchev–Trinajstić information content (AvgIpc) is 3.20. The second kappa shape index (κ2) is 8.81. The van der Waals surface area contributed by atoms with Crippen LogP contribution in [0.4, 0.5) is 16.6 Å². The maximum Gasteiger partial charge on any atom is 0.373 e. The first kappa shape index (κ1) is 20.9. The molecule has 4 aromatic rings. The molecule has 0 saturated carbocycles. The maximum atomic E-state index is 11.8. The Morgan fingerprint density at radius 1 is 1.09 bits per heavy atom. The zero-order chi connectivity index (χ0) is 22.7. The van der Waals surface area contributed by atoms with E-state index in [1.54, 1.807) is 19.2 Å². The highest BCUT2D eigenvalue weighted by molar-refractivity contribution is 7.22. The first-order valence-corrected chi connectivity index (χ1v) is 9.87. The Labute approximate surface area is 184 Å². The van der Waals surface area contributed by atoms with Crippen molar-refractivity contribution in [3.8, 4) is 17.4 Å². The van der Waals surface area contributed by atoms with Gasteiger partial charge in [-0.15, -0.1) is 0 Å². The summed E-state index contributed by atoms with van der Waals surface area (Å²) in [5, 5.41) is 15.0. The highest BCUT2D eigenvalue weighted by Crippen LogP contribution is 2.37. The molecule has 162 valence electrons. The number of nitro groups is 1. The summed E-state index contributed by atoms with van der Waals surface area (Å²) in [6, 6.07) is 11.3. The summed E-state index contributed by atoms with van der Waals surface area (Å²) in [6.07, 6.45) is 1.14. The molecule has 0 aliphatic carbocycles. The molecule has 1 N–H and O–H groups in total. The summed E-state index contributed by atoms with van der Waals surface area (Å²) in [7, 11) is 2.84. The molecule has 2 heterocycles. The Bertz CT molecular complexity index is 1310. The maximum absolute atomic E-state index is 11.8. The number of nitrogens with one attached hydrogen (secondary N) is 1. The number of fused-ring (bicyclic) bond motifs is 1. The third kappa shape index (κ3) is 4.25. The number of aromatic nitrogens is 3. The van der Waals surface area contributed by atoms with Crippen LogP contribution in [0.2, 0.25) is 0 Å². The van der Waals surface area contributed by atoms with Gasteiger partial charge >= 0.3 is 17.5 Å². The van der Waals surface area contributed by atoms with Crippen molar-refractivity contribution >= 4 is 44.2 Å². The van der Waals surface area contributed by atoms with E-state index in [-0.39, 0.29) is 17.4 Å². The standard InChI is InChI=1S/C20H15N5O6S/c1-29-13-7-8-14-15(9-13)32-20(23-14)24-17-16(25(27)28)18(22-10-21-17)31-12-5-3-11(4-6-12)19(26)30-2/h3-10H,1-2H3,(H,21,22,23,24). The third-order valence-electron chi connectivity index (χ3n) is 4.28. The molecule has 32 heavy (non-hydrogen) atoms. The Morgan fingerprint density at radius 3 is 2.53 bits per heavy atom. The summed E-state index contributed by atoms with van der Waals surface area (Å²) in [5.74, 6) is 0.0786. The van der Waals surface area contributed by atoms with E-state index in [1.807, 2.05) is 6.07 Å². The van der Waals surface area contributed by atoms with Gasteiger partial charge in [-0.25, -0.2) is 14.8 Å². The lowest BCUT2D eigenvalue weighted by atomic mass is 10.2. The Hall–Kier alpha value is -4.32. The zero-order valence-electron chi connectivity index (χ0n) is 16.8. The average molecular weight is 453 g/mol. The van der Waals surface area contributed by atoms with Crippen LogP contribution in [-0.4, -0.2) is 40.1 Å². The molecule has 0 unspecified atom stereocenters. The van der Waals surface area contributed by atoms with E-state index in [0.29, 0.717) is 22.0 Å². The molecule has 2 aromatic heterocycles. The summed E-state index contributed by atoms with van der Waals surface area (Å²) < 4.78 is 16.3. The van der Waals surface area contributed by atoms with Gasteiger partial charge in [0.25, 0.3) is 0 Å². The lowest BCUT2D eigenvalue weighted by molar-refractivity contribution is -0.385. The van der Waals surface area contributed by atoms with Gasteiger partial charge in [0.2, 0.25) is 5.82 Å². The van der Waals surface area contributed by atoms with Crippen LogP contribution in [0.15, 0.2) is 48.8 Å². The molecular formula is C20H15N5O6S. The van der Waals surface area contributed by atoms with Crippen LogP contribution in [0.3, 0.4) is 0 Å². The van der Waals surface area contributed by atoms with Crippen LogP contribution in [-0.2, 0) is 4.74 Å².